The van der Waals surface area contributed by atoms with Gasteiger partial charge in [-0.1, -0.05) is 31.5 Å². The summed E-state index contributed by atoms with van der Waals surface area (Å²) in [5, 5.41) is 9.00. The average molecular weight is 376 g/mol. The number of ether oxygens (including phenoxy) is 1. The van der Waals surface area contributed by atoms with Crippen LogP contribution in [0.5, 0.6) is 5.75 Å². The quantitative estimate of drug-likeness (QED) is 0.489. The van der Waals surface area contributed by atoms with Gasteiger partial charge in [0.2, 0.25) is 11.8 Å². The van der Waals surface area contributed by atoms with E-state index in [0.717, 1.165) is 37.0 Å². The SMILES string of the molecule is CCC(=O)NCCCc1ccccc1OCCNC(C(=O)NC)C1CCC1. The molecule has 0 aliphatic heterocycles. The second-order valence-electron chi connectivity index (χ2n) is 7.00. The Hall–Kier alpha value is -2.08. The molecule has 0 saturated heterocycles. The van der Waals surface area contributed by atoms with Gasteiger partial charge in [-0.3, -0.25) is 9.59 Å². The molecule has 6 heteroatoms. The van der Waals surface area contributed by atoms with E-state index in [9.17, 15) is 9.59 Å². The summed E-state index contributed by atoms with van der Waals surface area (Å²) in [6.07, 6.45) is 5.70. The molecule has 1 atom stereocenters. The molecule has 1 fully saturated rings. The topological polar surface area (TPSA) is 79.5 Å². The molecule has 1 aliphatic rings. The molecule has 1 aliphatic carbocycles. The summed E-state index contributed by atoms with van der Waals surface area (Å²) in [5.41, 5.74) is 1.14. The second kappa shape index (κ2) is 11.6. The predicted octanol–water partition coefficient (Wildman–Crippen LogP) is 2.03. The van der Waals surface area contributed by atoms with Crippen molar-refractivity contribution in [1.82, 2.24) is 16.0 Å². The van der Waals surface area contributed by atoms with E-state index >= 15 is 0 Å². The monoisotopic (exact) mass is 375 g/mol. The molecular formula is C21H33N3O3. The molecule has 2 rings (SSSR count). The molecule has 1 aromatic carbocycles. The van der Waals surface area contributed by atoms with E-state index in [1.165, 1.54) is 6.42 Å². The van der Waals surface area contributed by atoms with Crippen molar-refractivity contribution in [3.8, 4) is 5.75 Å². The lowest BCUT2D eigenvalue weighted by molar-refractivity contribution is -0.125. The summed E-state index contributed by atoms with van der Waals surface area (Å²) in [6, 6.07) is 7.88. The molecule has 3 N–H and O–H groups in total. The first-order valence-electron chi connectivity index (χ1n) is 10.1. The van der Waals surface area contributed by atoms with E-state index in [0.29, 0.717) is 32.0 Å². The second-order valence-corrected chi connectivity index (χ2v) is 7.00. The highest BCUT2D eigenvalue weighted by atomic mass is 16.5. The molecule has 0 spiro atoms. The summed E-state index contributed by atoms with van der Waals surface area (Å²) in [7, 11) is 1.69. The third-order valence-electron chi connectivity index (χ3n) is 5.11. The Kier molecular flexibility index (Phi) is 9.11. The third-order valence-corrected chi connectivity index (χ3v) is 5.11. The molecular weight excluding hydrogens is 342 g/mol. The van der Waals surface area contributed by atoms with E-state index < -0.39 is 0 Å². The van der Waals surface area contributed by atoms with Crippen LogP contribution < -0.4 is 20.7 Å². The fourth-order valence-electron chi connectivity index (χ4n) is 3.26. The molecule has 0 radical (unpaired) electrons. The number of hydrogen-bond donors (Lipinski definition) is 3. The Morgan fingerprint density at radius 3 is 2.67 bits per heavy atom. The fraction of sp³-hybridized carbons (Fsp3) is 0.619. The number of para-hydroxylation sites is 1. The van der Waals surface area contributed by atoms with Crippen LogP contribution in [-0.4, -0.2) is 44.6 Å². The maximum atomic E-state index is 12.0. The van der Waals surface area contributed by atoms with Gasteiger partial charge in [0.05, 0.1) is 6.04 Å². The van der Waals surface area contributed by atoms with Crippen molar-refractivity contribution in [2.45, 2.75) is 51.5 Å². The Morgan fingerprint density at radius 2 is 2.00 bits per heavy atom. The van der Waals surface area contributed by atoms with Crippen LogP contribution in [0.4, 0.5) is 0 Å². The van der Waals surface area contributed by atoms with Crippen molar-refractivity contribution in [3.63, 3.8) is 0 Å². The first-order chi connectivity index (χ1) is 13.2. The van der Waals surface area contributed by atoms with Gasteiger partial charge in [-0.2, -0.15) is 0 Å². The molecule has 0 aromatic heterocycles. The van der Waals surface area contributed by atoms with Gasteiger partial charge in [-0.15, -0.1) is 0 Å². The molecule has 0 heterocycles. The Balaban J connectivity index is 1.74. The molecule has 0 bridgehead atoms. The van der Waals surface area contributed by atoms with Gasteiger partial charge < -0.3 is 20.7 Å². The minimum absolute atomic E-state index is 0.0641. The third kappa shape index (κ3) is 6.86. The van der Waals surface area contributed by atoms with Crippen LogP contribution in [0.15, 0.2) is 24.3 Å². The smallest absolute Gasteiger partial charge is 0.237 e. The van der Waals surface area contributed by atoms with Gasteiger partial charge in [0.15, 0.2) is 0 Å². The van der Waals surface area contributed by atoms with Gasteiger partial charge in [-0.25, -0.2) is 0 Å². The summed E-state index contributed by atoms with van der Waals surface area (Å²) in [4.78, 5) is 23.3. The summed E-state index contributed by atoms with van der Waals surface area (Å²) >= 11 is 0. The van der Waals surface area contributed by atoms with Crippen molar-refractivity contribution in [1.29, 1.82) is 0 Å². The van der Waals surface area contributed by atoms with Crippen molar-refractivity contribution >= 4 is 11.8 Å². The van der Waals surface area contributed by atoms with Gasteiger partial charge >= 0.3 is 0 Å². The largest absolute Gasteiger partial charge is 0.492 e. The highest BCUT2D eigenvalue weighted by Crippen LogP contribution is 2.29. The number of rotatable bonds is 12. The van der Waals surface area contributed by atoms with E-state index in [1.54, 1.807) is 7.05 Å². The number of carbonyl (C=O) groups excluding carboxylic acids is 2. The first kappa shape index (κ1) is 21.2. The van der Waals surface area contributed by atoms with Crippen LogP contribution in [0, 0.1) is 5.92 Å². The molecule has 27 heavy (non-hydrogen) atoms. The molecule has 2 amide bonds. The summed E-state index contributed by atoms with van der Waals surface area (Å²) < 4.78 is 5.95. The number of carbonyl (C=O) groups is 2. The van der Waals surface area contributed by atoms with Gasteiger partial charge in [0.25, 0.3) is 0 Å². The lowest BCUT2D eigenvalue weighted by atomic mass is 9.79. The predicted molar refractivity (Wildman–Crippen MR) is 107 cm³/mol. The highest BCUT2D eigenvalue weighted by molar-refractivity contribution is 5.81. The molecule has 1 saturated carbocycles. The minimum Gasteiger partial charge on any atom is -0.492 e. The van der Waals surface area contributed by atoms with Crippen molar-refractivity contribution in [2.24, 2.45) is 5.92 Å². The van der Waals surface area contributed by atoms with E-state index in [1.807, 2.05) is 25.1 Å². The normalized spacial score (nSPS) is 14.9. The van der Waals surface area contributed by atoms with Crippen molar-refractivity contribution < 1.29 is 14.3 Å². The van der Waals surface area contributed by atoms with Gasteiger partial charge in [-0.05, 0) is 43.2 Å². The minimum atomic E-state index is -0.121. The Morgan fingerprint density at radius 1 is 1.22 bits per heavy atom. The average Bonchev–Trinajstić information content (AvgIpc) is 2.66. The van der Waals surface area contributed by atoms with Gasteiger partial charge in [0.1, 0.15) is 12.4 Å². The molecule has 1 unspecified atom stereocenters. The maximum absolute atomic E-state index is 12.0. The van der Waals surface area contributed by atoms with Crippen LogP contribution >= 0.6 is 0 Å². The number of nitrogens with one attached hydrogen (secondary N) is 3. The van der Waals surface area contributed by atoms with Crippen LogP contribution in [0.3, 0.4) is 0 Å². The van der Waals surface area contributed by atoms with E-state index in [-0.39, 0.29) is 17.9 Å². The van der Waals surface area contributed by atoms with E-state index in [2.05, 4.69) is 22.0 Å². The summed E-state index contributed by atoms with van der Waals surface area (Å²) in [6.45, 7) is 3.68. The number of likely N-dealkylation sites (N-methyl/N-ethyl adjacent to an activating group) is 1. The van der Waals surface area contributed by atoms with Crippen molar-refractivity contribution in [3.05, 3.63) is 29.8 Å². The summed E-state index contributed by atoms with van der Waals surface area (Å²) in [5.74, 6) is 1.47. The van der Waals surface area contributed by atoms with Crippen molar-refractivity contribution in [2.75, 3.05) is 26.7 Å². The first-order valence-corrected chi connectivity index (χ1v) is 10.1. The van der Waals surface area contributed by atoms with Crippen LogP contribution in [0.2, 0.25) is 0 Å². The fourth-order valence-corrected chi connectivity index (χ4v) is 3.26. The standard InChI is InChI=1S/C21H33N3O3/c1-3-19(25)23-13-7-11-16-8-4-5-12-18(16)27-15-14-24-20(21(26)22-2)17-9-6-10-17/h4-5,8,12,17,20,24H,3,6-7,9-11,13-15H2,1-2H3,(H,22,26)(H,23,25). The highest BCUT2D eigenvalue weighted by Gasteiger charge is 2.31. The zero-order valence-electron chi connectivity index (χ0n) is 16.6. The van der Waals surface area contributed by atoms with Gasteiger partial charge in [0, 0.05) is 26.6 Å². The van der Waals surface area contributed by atoms with Crippen LogP contribution in [0.1, 0.15) is 44.6 Å². The number of amides is 2. The molecule has 6 nitrogen and oxygen atoms in total. The van der Waals surface area contributed by atoms with Crippen LogP contribution in [-0.2, 0) is 16.0 Å². The van der Waals surface area contributed by atoms with E-state index in [4.69, 9.17) is 4.74 Å². The number of hydrogen-bond acceptors (Lipinski definition) is 4. The lowest BCUT2D eigenvalue weighted by Gasteiger charge is -2.33. The Labute approximate surface area is 162 Å². The Bertz CT molecular complexity index is 602. The maximum Gasteiger partial charge on any atom is 0.237 e. The van der Waals surface area contributed by atoms with Crippen LogP contribution in [0.25, 0.3) is 0 Å². The number of benzene rings is 1. The molecule has 150 valence electrons. The lowest BCUT2D eigenvalue weighted by Crippen LogP contribution is -2.50. The molecule has 1 aromatic rings. The number of aryl methyl sites for hydroxylation is 1. The zero-order chi connectivity index (χ0) is 19.5. The zero-order valence-corrected chi connectivity index (χ0v) is 16.6.